The summed E-state index contributed by atoms with van der Waals surface area (Å²) in [5.41, 5.74) is 2.64. The molecule has 1 aromatic carbocycles. The molecule has 0 saturated heterocycles. The lowest BCUT2D eigenvalue weighted by Crippen LogP contribution is -2.16. The van der Waals surface area contributed by atoms with Gasteiger partial charge in [-0.05, 0) is 44.0 Å². The molecule has 2 aromatic heterocycles. The van der Waals surface area contributed by atoms with E-state index in [-0.39, 0.29) is 17.4 Å². The smallest absolute Gasteiger partial charge is 0.264 e. The molecule has 29 heavy (non-hydrogen) atoms. The van der Waals surface area contributed by atoms with E-state index >= 15 is 0 Å². The number of carbonyl (C=O) groups is 2. The number of nitrogens with zero attached hydrogens (tertiary/aromatic N) is 3. The number of benzene rings is 1. The Balaban J connectivity index is 1.81. The van der Waals surface area contributed by atoms with Gasteiger partial charge in [0.05, 0.1) is 17.5 Å². The number of aromatic amines is 1. The van der Waals surface area contributed by atoms with E-state index in [1.807, 2.05) is 13.8 Å². The largest absolute Gasteiger partial charge is 0.326 e. The van der Waals surface area contributed by atoms with E-state index in [2.05, 4.69) is 25.9 Å². The molecule has 0 aliphatic carbocycles. The Hall–Kier alpha value is -3.75. The normalized spacial score (nSPS) is 10.6. The molecule has 3 aromatic rings. The zero-order chi connectivity index (χ0) is 21.0. The minimum atomic E-state index is -0.335. The lowest BCUT2D eigenvalue weighted by Gasteiger charge is -2.13. The predicted molar refractivity (Wildman–Crippen MR) is 109 cm³/mol. The molecule has 2 heterocycles. The van der Waals surface area contributed by atoms with Crippen LogP contribution in [0.5, 0.6) is 0 Å². The van der Waals surface area contributed by atoms with Crippen LogP contribution in [0.25, 0.3) is 5.82 Å². The van der Waals surface area contributed by atoms with E-state index < -0.39 is 0 Å². The van der Waals surface area contributed by atoms with Crippen molar-refractivity contribution in [1.82, 2.24) is 20.0 Å². The van der Waals surface area contributed by atoms with Crippen LogP contribution in [0, 0.1) is 13.8 Å². The van der Waals surface area contributed by atoms with Crippen molar-refractivity contribution in [3.63, 3.8) is 0 Å². The lowest BCUT2D eigenvalue weighted by atomic mass is 10.1. The standard InChI is InChI=1S/C20H22N6O3/c1-4-6-18(27)22-15-7-5-8-16(12(15)2)23-20(29)14-11-21-26(13(14)3)17-9-10-19(28)25-24-17/h5,7-11H,4,6H2,1-3H3,(H,22,27)(H,23,29)(H,25,28). The number of anilines is 2. The van der Waals surface area contributed by atoms with Crippen molar-refractivity contribution in [2.24, 2.45) is 0 Å². The average molecular weight is 394 g/mol. The summed E-state index contributed by atoms with van der Waals surface area (Å²) in [6.07, 6.45) is 2.64. The molecule has 0 bridgehead atoms. The van der Waals surface area contributed by atoms with Gasteiger partial charge in [0.1, 0.15) is 0 Å². The molecule has 0 fully saturated rings. The van der Waals surface area contributed by atoms with Gasteiger partial charge in [0, 0.05) is 23.9 Å². The highest BCUT2D eigenvalue weighted by Crippen LogP contribution is 2.24. The molecule has 150 valence electrons. The molecule has 0 unspecified atom stereocenters. The second-order valence-corrected chi connectivity index (χ2v) is 6.57. The van der Waals surface area contributed by atoms with Crippen molar-refractivity contribution in [2.45, 2.75) is 33.6 Å². The van der Waals surface area contributed by atoms with Crippen molar-refractivity contribution in [2.75, 3.05) is 10.6 Å². The average Bonchev–Trinajstić information content (AvgIpc) is 3.07. The van der Waals surface area contributed by atoms with Crippen LogP contribution in [0.2, 0.25) is 0 Å². The molecule has 0 aliphatic rings. The molecule has 0 spiro atoms. The minimum Gasteiger partial charge on any atom is -0.326 e. The van der Waals surface area contributed by atoms with Crippen molar-refractivity contribution < 1.29 is 9.59 Å². The fourth-order valence-corrected chi connectivity index (χ4v) is 2.85. The molecule has 9 heteroatoms. The number of carbonyl (C=O) groups excluding carboxylic acids is 2. The van der Waals surface area contributed by atoms with Crippen LogP contribution >= 0.6 is 0 Å². The maximum Gasteiger partial charge on any atom is 0.264 e. The van der Waals surface area contributed by atoms with Gasteiger partial charge in [-0.25, -0.2) is 9.78 Å². The van der Waals surface area contributed by atoms with Crippen molar-refractivity contribution in [3.05, 3.63) is 63.7 Å². The van der Waals surface area contributed by atoms with Crippen molar-refractivity contribution in [3.8, 4) is 5.82 Å². The Morgan fingerprint density at radius 3 is 2.48 bits per heavy atom. The van der Waals surface area contributed by atoms with E-state index in [1.54, 1.807) is 25.1 Å². The monoisotopic (exact) mass is 394 g/mol. The van der Waals surface area contributed by atoms with Gasteiger partial charge >= 0.3 is 0 Å². The molecular weight excluding hydrogens is 372 g/mol. The minimum absolute atomic E-state index is 0.0652. The molecule has 0 aliphatic heterocycles. The van der Waals surface area contributed by atoms with Gasteiger partial charge in [0.25, 0.3) is 11.5 Å². The Labute approximate surface area is 167 Å². The van der Waals surface area contributed by atoms with Gasteiger partial charge in [-0.2, -0.15) is 10.2 Å². The second-order valence-electron chi connectivity index (χ2n) is 6.57. The van der Waals surface area contributed by atoms with Crippen LogP contribution in [-0.2, 0) is 4.79 Å². The third-order valence-electron chi connectivity index (χ3n) is 4.47. The van der Waals surface area contributed by atoms with Gasteiger partial charge in [-0.1, -0.05) is 13.0 Å². The van der Waals surface area contributed by atoms with Gasteiger partial charge in [0.15, 0.2) is 5.82 Å². The summed E-state index contributed by atoms with van der Waals surface area (Å²) in [7, 11) is 0. The maximum atomic E-state index is 12.8. The quantitative estimate of drug-likeness (QED) is 0.593. The first-order valence-corrected chi connectivity index (χ1v) is 9.22. The van der Waals surface area contributed by atoms with E-state index in [1.165, 1.54) is 23.0 Å². The van der Waals surface area contributed by atoms with Crippen LogP contribution in [0.15, 0.2) is 41.3 Å². The summed E-state index contributed by atoms with van der Waals surface area (Å²) >= 11 is 0. The van der Waals surface area contributed by atoms with Crippen molar-refractivity contribution in [1.29, 1.82) is 0 Å². The van der Waals surface area contributed by atoms with Crippen LogP contribution in [0.3, 0.4) is 0 Å². The van der Waals surface area contributed by atoms with Crippen LogP contribution in [-0.4, -0.2) is 31.8 Å². The van der Waals surface area contributed by atoms with Gasteiger partial charge in [0.2, 0.25) is 5.91 Å². The summed E-state index contributed by atoms with van der Waals surface area (Å²) in [4.78, 5) is 35.9. The maximum absolute atomic E-state index is 12.8. The summed E-state index contributed by atoms with van der Waals surface area (Å²) in [6.45, 7) is 5.51. The lowest BCUT2D eigenvalue weighted by molar-refractivity contribution is -0.116. The third kappa shape index (κ3) is 4.40. The number of hydrogen-bond donors (Lipinski definition) is 3. The molecule has 9 nitrogen and oxygen atoms in total. The molecule has 0 saturated carbocycles. The van der Waals surface area contributed by atoms with Crippen LogP contribution in [0.4, 0.5) is 11.4 Å². The second kappa shape index (κ2) is 8.51. The van der Waals surface area contributed by atoms with Gasteiger partial charge in [-0.15, -0.1) is 0 Å². The third-order valence-corrected chi connectivity index (χ3v) is 4.47. The van der Waals surface area contributed by atoms with E-state index in [4.69, 9.17) is 0 Å². The van der Waals surface area contributed by atoms with Crippen LogP contribution in [0.1, 0.15) is 41.4 Å². The Morgan fingerprint density at radius 2 is 1.83 bits per heavy atom. The van der Waals surface area contributed by atoms with Gasteiger partial charge < -0.3 is 10.6 Å². The molecule has 3 N–H and O–H groups in total. The highest BCUT2D eigenvalue weighted by Gasteiger charge is 2.17. The summed E-state index contributed by atoms with van der Waals surface area (Å²) in [5, 5.41) is 16.2. The molecule has 0 radical (unpaired) electrons. The fraction of sp³-hybridized carbons (Fsp3) is 0.250. The molecular formula is C20H22N6O3. The number of nitrogens with one attached hydrogen (secondary N) is 3. The summed E-state index contributed by atoms with van der Waals surface area (Å²) in [6, 6.07) is 8.19. The zero-order valence-electron chi connectivity index (χ0n) is 16.4. The SMILES string of the molecule is CCCC(=O)Nc1cccc(NC(=O)c2cnn(-c3ccc(=O)[nH]n3)c2C)c1C. The highest BCUT2D eigenvalue weighted by molar-refractivity contribution is 6.06. The number of hydrogen-bond acceptors (Lipinski definition) is 5. The highest BCUT2D eigenvalue weighted by atomic mass is 16.2. The first kappa shape index (κ1) is 20.0. The molecule has 3 rings (SSSR count). The van der Waals surface area contributed by atoms with E-state index in [9.17, 15) is 14.4 Å². The van der Waals surface area contributed by atoms with Gasteiger partial charge in [-0.3, -0.25) is 14.4 Å². The number of H-pyrrole nitrogens is 1. The molecule has 0 atom stereocenters. The topological polar surface area (TPSA) is 122 Å². The number of aromatic nitrogens is 4. The Morgan fingerprint density at radius 1 is 1.10 bits per heavy atom. The zero-order valence-corrected chi connectivity index (χ0v) is 16.4. The van der Waals surface area contributed by atoms with Crippen molar-refractivity contribution >= 4 is 23.2 Å². The predicted octanol–water partition coefficient (Wildman–Crippen LogP) is 2.56. The summed E-state index contributed by atoms with van der Waals surface area (Å²) < 4.78 is 1.47. The Kier molecular flexibility index (Phi) is 5.87. The first-order valence-electron chi connectivity index (χ1n) is 9.22. The number of amides is 2. The first-order chi connectivity index (χ1) is 13.9. The fourth-order valence-electron chi connectivity index (χ4n) is 2.85. The van der Waals surface area contributed by atoms with Crippen LogP contribution < -0.4 is 16.2 Å². The van der Waals surface area contributed by atoms with E-state index in [0.29, 0.717) is 34.9 Å². The molecule has 2 amide bonds. The summed E-state index contributed by atoms with van der Waals surface area (Å²) in [5.74, 6) is 0.000809. The number of rotatable bonds is 6. The Bertz CT molecular complexity index is 1100. The van der Waals surface area contributed by atoms with E-state index in [0.717, 1.165) is 12.0 Å².